The first-order valence-corrected chi connectivity index (χ1v) is 6.64. The van der Waals surface area contributed by atoms with Crippen LogP contribution in [0.5, 0.6) is 0 Å². The highest BCUT2D eigenvalue weighted by molar-refractivity contribution is 5.95. The Morgan fingerprint density at radius 2 is 2.05 bits per heavy atom. The highest BCUT2D eigenvalue weighted by atomic mass is 35.5. The summed E-state index contributed by atoms with van der Waals surface area (Å²) in [6.45, 7) is 5.99. The van der Waals surface area contributed by atoms with Crippen LogP contribution in [-0.4, -0.2) is 22.9 Å². The third-order valence-electron chi connectivity index (χ3n) is 3.08. The van der Waals surface area contributed by atoms with Gasteiger partial charge in [-0.1, -0.05) is 13.8 Å². The second-order valence-electron chi connectivity index (χ2n) is 5.77. The number of hydrogen-bond donors (Lipinski definition) is 2. The SMILES string of the molecule is CC(C)CC(C)(CN)NC(=O)c1cc(F)cc([N+](=O)[O-])c1.Cl. The van der Waals surface area contributed by atoms with Gasteiger partial charge in [-0.05, 0) is 25.3 Å². The zero-order valence-corrected chi connectivity index (χ0v) is 13.6. The van der Waals surface area contributed by atoms with Crippen LogP contribution in [-0.2, 0) is 0 Å². The molecule has 6 nitrogen and oxygen atoms in total. The van der Waals surface area contributed by atoms with Gasteiger partial charge in [0.25, 0.3) is 11.6 Å². The number of carbonyl (C=O) groups excluding carboxylic acids is 1. The molecule has 3 N–H and O–H groups in total. The molecule has 0 radical (unpaired) electrons. The summed E-state index contributed by atoms with van der Waals surface area (Å²) in [7, 11) is 0. The van der Waals surface area contributed by atoms with Crippen LogP contribution in [0.15, 0.2) is 18.2 Å². The highest BCUT2D eigenvalue weighted by Gasteiger charge is 2.27. The van der Waals surface area contributed by atoms with Gasteiger partial charge < -0.3 is 11.1 Å². The monoisotopic (exact) mass is 333 g/mol. The minimum Gasteiger partial charge on any atom is -0.346 e. The number of benzene rings is 1. The number of hydrogen-bond acceptors (Lipinski definition) is 4. The molecule has 8 heteroatoms. The molecule has 0 aliphatic rings. The second kappa shape index (κ2) is 8.05. The fraction of sp³-hybridized carbons (Fsp3) is 0.500. The van der Waals surface area contributed by atoms with E-state index in [-0.39, 0.29) is 24.5 Å². The molecule has 0 bridgehead atoms. The Morgan fingerprint density at radius 3 is 2.50 bits per heavy atom. The Kier molecular flexibility index (Phi) is 7.42. The quantitative estimate of drug-likeness (QED) is 0.617. The van der Waals surface area contributed by atoms with E-state index in [2.05, 4.69) is 5.32 Å². The molecule has 0 heterocycles. The first-order chi connectivity index (χ1) is 9.66. The average Bonchev–Trinajstić information content (AvgIpc) is 2.36. The Labute approximate surface area is 134 Å². The summed E-state index contributed by atoms with van der Waals surface area (Å²) in [5.74, 6) is -1.10. The third kappa shape index (κ3) is 5.57. The average molecular weight is 334 g/mol. The predicted octanol–water partition coefficient (Wildman–Crippen LogP) is 2.65. The molecular weight excluding hydrogens is 313 g/mol. The van der Waals surface area contributed by atoms with Crippen molar-refractivity contribution in [3.63, 3.8) is 0 Å². The van der Waals surface area contributed by atoms with Crippen molar-refractivity contribution in [3.8, 4) is 0 Å². The number of nitrogens with zero attached hydrogens (tertiary/aromatic N) is 1. The van der Waals surface area contributed by atoms with Crippen molar-refractivity contribution < 1.29 is 14.1 Å². The van der Waals surface area contributed by atoms with Crippen molar-refractivity contribution in [1.29, 1.82) is 0 Å². The van der Waals surface area contributed by atoms with Gasteiger partial charge in [-0.2, -0.15) is 0 Å². The lowest BCUT2D eigenvalue weighted by molar-refractivity contribution is -0.385. The molecule has 0 saturated carbocycles. The zero-order chi connectivity index (χ0) is 16.2. The lowest BCUT2D eigenvalue weighted by Gasteiger charge is -2.31. The van der Waals surface area contributed by atoms with Gasteiger partial charge in [0.15, 0.2) is 0 Å². The number of amides is 1. The molecule has 1 aromatic carbocycles. The highest BCUT2D eigenvalue weighted by Crippen LogP contribution is 2.19. The van der Waals surface area contributed by atoms with E-state index in [4.69, 9.17) is 5.73 Å². The van der Waals surface area contributed by atoms with Crippen LogP contribution in [0.3, 0.4) is 0 Å². The smallest absolute Gasteiger partial charge is 0.273 e. The van der Waals surface area contributed by atoms with Crippen LogP contribution >= 0.6 is 12.4 Å². The number of nitro groups is 1. The molecule has 124 valence electrons. The Morgan fingerprint density at radius 1 is 1.45 bits per heavy atom. The molecule has 1 amide bonds. The summed E-state index contributed by atoms with van der Waals surface area (Å²) < 4.78 is 13.4. The molecule has 1 aromatic rings. The number of halogens is 2. The summed E-state index contributed by atoms with van der Waals surface area (Å²) in [5, 5.41) is 13.4. The minimum atomic E-state index is -0.826. The van der Waals surface area contributed by atoms with Crippen molar-refractivity contribution in [3.05, 3.63) is 39.7 Å². The Hall–Kier alpha value is -1.73. The molecular formula is C14H21ClFN3O3. The van der Waals surface area contributed by atoms with Crippen LogP contribution in [0.1, 0.15) is 37.6 Å². The molecule has 0 spiro atoms. The lowest BCUT2D eigenvalue weighted by atomic mass is 9.90. The van der Waals surface area contributed by atoms with Crippen molar-refractivity contribution in [2.24, 2.45) is 11.7 Å². The van der Waals surface area contributed by atoms with Crippen molar-refractivity contribution >= 4 is 24.0 Å². The van der Waals surface area contributed by atoms with Crippen LogP contribution in [0.2, 0.25) is 0 Å². The van der Waals surface area contributed by atoms with Gasteiger partial charge in [0.05, 0.1) is 11.0 Å². The van der Waals surface area contributed by atoms with Gasteiger partial charge in [-0.25, -0.2) is 4.39 Å². The Bertz CT molecular complexity index is 554. The fourth-order valence-electron chi connectivity index (χ4n) is 2.24. The lowest BCUT2D eigenvalue weighted by Crippen LogP contribution is -2.52. The van der Waals surface area contributed by atoms with Crippen LogP contribution in [0.4, 0.5) is 10.1 Å². The summed E-state index contributed by atoms with van der Waals surface area (Å²) in [6, 6.07) is 2.78. The standard InChI is InChI=1S/C14H20FN3O3.ClH/c1-9(2)7-14(3,8-16)17-13(19)10-4-11(15)6-12(5-10)18(20)21;/h4-6,9H,7-8,16H2,1-3H3,(H,17,19);1H. The molecule has 0 aliphatic carbocycles. The third-order valence-corrected chi connectivity index (χ3v) is 3.08. The number of rotatable bonds is 6. The minimum absolute atomic E-state index is 0. The van der Waals surface area contributed by atoms with Gasteiger partial charge in [-0.3, -0.25) is 14.9 Å². The summed E-state index contributed by atoms with van der Waals surface area (Å²) in [4.78, 5) is 22.1. The summed E-state index contributed by atoms with van der Waals surface area (Å²) >= 11 is 0. The van der Waals surface area contributed by atoms with Gasteiger partial charge in [0.2, 0.25) is 0 Å². The normalized spacial score (nSPS) is 13.2. The maximum atomic E-state index is 13.4. The summed E-state index contributed by atoms with van der Waals surface area (Å²) in [5.41, 5.74) is 4.49. The van der Waals surface area contributed by atoms with Gasteiger partial charge in [0.1, 0.15) is 5.82 Å². The molecule has 1 atom stereocenters. The topological polar surface area (TPSA) is 98.3 Å². The molecule has 1 rings (SSSR count). The molecule has 1 unspecified atom stereocenters. The van der Waals surface area contributed by atoms with E-state index in [9.17, 15) is 19.3 Å². The van der Waals surface area contributed by atoms with Gasteiger partial charge in [0, 0.05) is 23.7 Å². The number of carbonyl (C=O) groups is 1. The predicted molar refractivity (Wildman–Crippen MR) is 84.7 cm³/mol. The maximum Gasteiger partial charge on any atom is 0.273 e. The maximum absolute atomic E-state index is 13.4. The van der Waals surface area contributed by atoms with Crippen LogP contribution in [0, 0.1) is 21.8 Å². The van der Waals surface area contributed by atoms with E-state index in [0.717, 1.165) is 18.2 Å². The van der Waals surface area contributed by atoms with Crippen molar-refractivity contribution in [2.75, 3.05) is 6.54 Å². The van der Waals surface area contributed by atoms with E-state index in [0.29, 0.717) is 12.3 Å². The van der Waals surface area contributed by atoms with E-state index < -0.39 is 27.9 Å². The molecule has 0 aromatic heterocycles. The Balaban J connectivity index is 0.00000441. The van der Waals surface area contributed by atoms with Crippen LogP contribution < -0.4 is 11.1 Å². The molecule has 22 heavy (non-hydrogen) atoms. The molecule has 0 aliphatic heterocycles. The molecule has 0 saturated heterocycles. The summed E-state index contributed by atoms with van der Waals surface area (Å²) in [6.07, 6.45) is 0.645. The second-order valence-corrected chi connectivity index (χ2v) is 5.77. The molecule has 0 fully saturated rings. The number of non-ortho nitro benzene ring substituents is 1. The largest absolute Gasteiger partial charge is 0.346 e. The van der Waals surface area contributed by atoms with Gasteiger partial charge >= 0.3 is 0 Å². The first-order valence-electron chi connectivity index (χ1n) is 6.64. The number of nitro benzene ring substituents is 1. The van der Waals surface area contributed by atoms with E-state index in [1.54, 1.807) is 6.92 Å². The number of nitrogens with two attached hydrogens (primary N) is 1. The van der Waals surface area contributed by atoms with Gasteiger partial charge in [-0.15, -0.1) is 12.4 Å². The van der Waals surface area contributed by atoms with Crippen molar-refractivity contribution in [1.82, 2.24) is 5.32 Å². The first kappa shape index (κ1) is 20.3. The zero-order valence-electron chi connectivity index (χ0n) is 12.8. The van der Waals surface area contributed by atoms with E-state index in [1.807, 2.05) is 13.8 Å². The fourth-order valence-corrected chi connectivity index (χ4v) is 2.24. The van der Waals surface area contributed by atoms with Crippen LogP contribution in [0.25, 0.3) is 0 Å². The number of nitrogens with one attached hydrogen (secondary N) is 1. The van der Waals surface area contributed by atoms with E-state index >= 15 is 0 Å². The van der Waals surface area contributed by atoms with E-state index in [1.165, 1.54) is 0 Å². The van der Waals surface area contributed by atoms with Crippen molar-refractivity contribution in [2.45, 2.75) is 32.7 Å².